The molecule has 0 spiro atoms. The molecular weight excluding hydrogens is 262 g/mol. The predicted molar refractivity (Wildman–Crippen MR) is 84.9 cm³/mol. The molecule has 3 aromatic rings. The first-order chi connectivity index (χ1) is 10.3. The highest BCUT2D eigenvalue weighted by atomic mass is 15.2. The summed E-state index contributed by atoms with van der Waals surface area (Å²) in [6.45, 7) is 3.14. The Morgan fingerprint density at radius 3 is 2.90 bits per heavy atom. The van der Waals surface area contributed by atoms with E-state index in [1.165, 1.54) is 5.52 Å². The Balaban J connectivity index is 2.00. The Labute approximate surface area is 123 Å². The number of hydrazine groups is 1. The summed E-state index contributed by atoms with van der Waals surface area (Å²) in [6, 6.07) is 12.0. The molecule has 21 heavy (non-hydrogen) atoms. The van der Waals surface area contributed by atoms with Gasteiger partial charge < -0.3 is 9.99 Å². The fourth-order valence-corrected chi connectivity index (χ4v) is 2.56. The number of rotatable bonds is 5. The van der Waals surface area contributed by atoms with Gasteiger partial charge in [-0.1, -0.05) is 19.1 Å². The van der Waals surface area contributed by atoms with Crippen LogP contribution in [0.25, 0.3) is 11.0 Å². The lowest BCUT2D eigenvalue weighted by Gasteiger charge is -2.08. The van der Waals surface area contributed by atoms with Crippen LogP contribution in [0.4, 0.5) is 5.69 Å². The van der Waals surface area contributed by atoms with Gasteiger partial charge in [-0.25, -0.2) is 4.98 Å². The molecule has 0 saturated heterocycles. The van der Waals surface area contributed by atoms with Gasteiger partial charge in [0.1, 0.15) is 5.82 Å². The summed E-state index contributed by atoms with van der Waals surface area (Å²) in [5, 5.41) is 0. The lowest BCUT2D eigenvalue weighted by Crippen LogP contribution is -2.08. The molecule has 0 radical (unpaired) electrons. The van der Waals surface area contributed by atoms with E-state index in [1.54, 1.807) is 6.20 Å². The quantitative estimate of drug-likeness (QED) is 0.557. The van der Waals surface area contributed by atoms with Crippen LogP contribution in [-0.2, 0) is 13.0 Å². The largest absolute Gasteiger partial charge is 0.328 e. The standard InChI is InChI=1S/C16H19N5/c1-2-9-21-15-6-4-3-5-14(15)19-16(21)11-13-10-12(20-17)7-8-18-13/h3-8,10H,2,9,11,17H2,1H3,(H,18,20). The molecule has 2 aromatic heterocycles. The van der Waals surface area contributed by atoms with Crippen LogP contribution >= 0.6 is 0 Å². The summed E-state index contributed by atoms with van der Waals surface area (Å²) in [4.78, 5) is 9.16. The molecular formula is C16H19N5. The molecule has 108 valence electrons. The zero-order chi connectivity index (χ0) is 14.7. The van der Waals surface area contributed by atoms with Crippen molar-refractivity contribution in [3.05, 3.63) is 54.1 Å². The van der Waals surface area contributed by atoms with E-state index in [4.69, 9.17) is 10.8 Å². The Morgan fingerprint density at radius 2 is 2.10 bits per heavy atom. The summed E-state index contributed by atoms with van der Waals surface area (Å²) in [6.07, 6.45) is 3.53. The fraction of sp³-hybridized carbons (Fsp3) is 0.250. The number of pyridine rings is 1. The SMILES string of the molecule is CCCn1c(Cc2cc(NN)ccn2)nc2ccccc21. The van der Waals surface area contributed by atoms with E-state index in [0.29, 0.717) is 6.42 Å². The number of nitrogen functional groups attached to an aromatic ring is 1. The van der Waals surface area contributed by atoms with Gasteiger partial charge in [0, 0.05) is 24.9 Å². The highest BCUT2D eigenvalue weighted by Crippen LogP contribution is 2.19. The Bertz CT molecular complexity index is 747. The molecule has 0 aliphatic rings. The first-order valence-corrected chi connectivity index (χ1v) is 7.17. The number of para-hydroxylation sites is 2. The van der Waals surface area contributed by atoms with E-state index in [0.717, 1.165) is 35.7 Å². The second-order valence-electron chi connectivity index (χ2n) is 5.03. The van der Waals surface area contributed by atoms with Crippen LogP contribution < -0.4 is 11.3 Å². The van der Waals surface area contributed by atoms with Crippen molar-refractivity contribution < 1.29 is 0 Å². The number of anilines is 1. The highest BCUT2D eigenvalue weighted by molar-refractivity contribution is 5.76. The molecule has 0 aliphatic carbocycles. The van der Waals surface area contributed by atoms with Gasteiger partial charge in [0.15, 0.2) is 0 Å². The molecule has 0 fully saturated rings. The molecule has 0 aliphatic heterocycles. The van der Waals surface area contributed by atoms with Crippen LogP contribution in [0.2, 0.25) is 0 Å². The molecule has 0 bridgehead atoms. The molecule has 0 atom stereocenters. The van der Waals surface area contributed by atoms with Gasteiger partial charge in [0.05, 0.1) is 16.7 Å². The molecule has 1 aromatic carbocycles. The average Bonchev–Trinajstić information content (AvgIpc) is 2.86. The third-order valence-corrected chi connectivity index (χ3v) is 3.50. The van der Waals surface area contributed by atoms with Crippen molar-refractivity contribution in [2.24, 2.45) is 5.84 Å². The maximum atomic E-state index is 5.45. The van der Waals surface area contributed by atoms with Gasteiger partial charge in [0.25, 0.3) is 0 Å². The summed E-state index contributed by atoms with van der Waals surface area (Å²) in [7, 11) is 0. The third kappa shape index (κ3) is 2.73. The van der Waals surface area contributed by atoms with Crippen molar-refractivity contribution in [3.8, 4) is 0 Å². The number of imidazole rings is 1. The Morgan fingerprint density at radius 1 is 1.24 bits per heavy atom. The van der Waals surface area contributed by atoms with Crippen molar-refractivity contribution in [1.29, 1.82) is 0 Å². The zero-order valence-electron chi connectivity index (χ0n) is 12.1. The average molecular weight is 281 g/mol. The molecule has 3 N–H and O–H groups in total. The minimum atomic E-state index is 0.699. The van der Waals surface area contributed by atoms with Gasteiger partial charge >= 0.3 is 0 Å². The van der Waals surface area contributed by atoms with E-state index in [1.807, 2.05) is 18.2 Å². The number of nitrogens with one attached hydrogen (secondary N) is 1. The fourth-order valence-electron chi connectivity index (χ4n) is 2.56. The third-order valence-electron chi connectivity index (χ3n) is 3.50. The number of fused-ring (bicyclic) bond motifs is 1. The molecule has 3 rings (SSSR count). The molecule has 0 unspecified atom stereocenters. The van der Waals surface area contributed by atoms with Crippen molar-refractivity contribution in [1.82, 2.24) is 14.5 Å². The Kier molecular flexibility index (Phi) is 3.83. The smallest absolute Gasteiger partial charge is 0.115 e. The second-order valence-corrected chi connectivity index (χ2v) is 5.03. The topological polar surface area (TPSA) is 68.8 Å². The summed E-state index contributed by atoms with van der Waals surface area (Å²) >= 11 is 0. The molecule has 5 heteroatoms. The minimum absolute atomic E-state index is 0.699. The summed E-state index contributed by atoms with van der Waals surface area (Å²) < 4.78 is 2.28. The summed E-state index contributed by atoms with van der Waals surface area (Å²) in [5.41, 5.74) is 6.69. The number of aryl methyl sites for hydroxylation is 1. The number of nitrogens with two attached hydrogens (primary N) is 1. The van der Waals surface area contributed by atoms with Crippen LogP contribution in [0.15, 0.2) is 42.6 Å². The Hall–Kier alpha value is -2.40. The van der Waals surface area contributed by atoms with E-state index in [2.05, 4.69) is 40.1 Å². The van der Waals surface area contributed by atoms with Crippen LogP contribution in [0.5, 0.6) is 0 Å². The maximum Gasteiger partial charge on any atom is 0.115 e. The second kappa shape index (κ2) is 5.93. The molecule has 2 heterocycles. The van der Waals surface area contributed by atoms with E-state index >= 15 is 0 Å². The number of hydrogen-bond acceptors (Lipinski definition) is 4. The number of hydrogen-bond donors (Lipinski definition) is 2. The summed E-state index contributed by atoms with van der Waals surface area (Å²) in [5.74, 6) is 6.49. The minimum Gasteiger partial charge on any atom is -0.328 e. The highest BCUT2D eigenvalue weighted by Gasteiger charge is 2.11. The van der Waals surface area contributed by atoms with Gasteiger partial charge in [-0.3, -0.25) is 10.8 Å². The number of benzene rings is 1. The van der Waals surface area contributed by atoms with Crippen molar-refractivity contribution in [3.63, 3.8) is 0 Å². The lowest BCUT2D eigenvalue weighted by molar-refractivity contribution is 0.662. The molecule has 0 saturated carbocycles. The van der Waals surface area contributed by atoms with Crippen LogP contribution in [0.3, 0.4) is 0 Å². The van der Waals surface area contributed by atoms with Crippen LogP contribution in [-0.4, -0.2) is 14.5 Å². The predicted octanol–water partition coefficient (Wildman–Crippen LogP) is 2.72. The van der Waals surface area contributed by atoms with Gasteiger partial charge in [-0.05, 0) is 30.7 Å². The lowest BCUT2D eigenvalue weighted by atomic mass is 10.2. The van der Waals surface area contributed by atoms with Crippen molar-refractivity contribution in [2.75, 3.05) is 5.43 Å². The van der Waals surface area contributed by atoms with Crippen molar-refractivity contribution in [2.45, 2.75) is 26.3 Å². The maximum absolute atomic E-state index is 5.45. The van der Waals surface area contributed by atoms with Crippen LogP contribution in [0, 0.1) is 0 Å². The van der Waals surface area contributed by atoms with Crippen LogP contribution in [0.1, 0.15) is 24.9 Å². The van der Waals surface area contributed by atoms with Gasteiger partial charge in [-0.15, -0.1) is 0 Å². The van der Waals surface area contributed by atoms with E-state index in [9.17, 15) is 0 Å². The van der Waals surface area contributed by atoms with Crippen molar-refractivity contribution >= 4 is 16.7 Å². The monoisotopic (exact) mass is 281 g/mol. The number of aromatic nitrogens is 3. The first-order valence-electron chi connectivity index (χ1n) is 7.17. The molecule has 0 amide bonds. The normalized spacial score (nSPS) is 11.0. The van der Waals surface area contributed by atoms with E-state index < -0.39 is 0 Å². The zero-order valence-corrected chi connectivity index (χ0v) is 12.1. The molecule has 5 nitrogen and oxygen atoms in total. The van der Waals surface area contributed by atoms with Gasteiger partial charge in [0.2, 0.25) is 0 Å². The number of nitrogens with zero attached hydrogens (tertiary/aromatic N) is 3. The van der Waals surface area contributed by atoms with Gasteiger partial charge in [-0.2, -0.15) is 0 Å². The van der Waals surface area contributed by atoms with E-state index in [-0.39, 0.29) is 0 Å². The first kappa shape index (κ1) is 13.6.